The van der Waals surface area contributed by atoms with Crippen LogP contribution in [0, 0.1) is 21.4 Å². The molecule has 0 radical (unpaired) electrons. The van der Waals surface area contributed by atoms with Crippen molar-refractivity contribution in [3.05, 3.63) is 81.9 Å². The van der Waals surface area contributed by atoms with E-state index in [1.807, 2.05) is 54.6 Å². The zero-order valence-electron chi connectivity index (χ0n) is 27.1. The summed E-state index contributed by atoms with van der Waals surface area (Å²) in [5, 5.41) is 25.3. The third-order valence-electron chi connectivity index (χ3n) is 6.34. The second kappa shape index (κ2) is 18.2. The van der Waals surface area contributed by atoms with Crippen molar-refractivity contribution in [1.82, 2.24) is 4.67 Å². The van der Waals surface area contributed by atoms with Crippen LogP contribution in [0.25, 0.3) is 22.9 Å². The highest BCUT2D eigenvalue weighted by atomic mass is 31.2. The number of aliphatic hydroxyl groups excluding tert-OH is 1. The Morgan fingerprint density at radius 2 is 1.71 bits per heavy atom. The van der Waals surface area contributed by atoms with E-state index in [4.69, 9.17) is 17.1 Å². The van der Waals surface area contributed by atoms with Crippen molar-refractivity contribution in [3.63, 3.8) is 0 Å². The number of anilines is 1. The SMILES string of the molecule is [2H]CCN(CCOP(OCCC#N)N(C(C)C)C(C)C)c1ccc(/C=C/c2ccc([N+](=O)[O-])c3ccccc23)cc1.[3H]OC. The Balaban J connectivity index is 0.00000216. The minimum atomic E-state index is -1.31. The number of benzene rings is 3. The second-order valence-corrected chi connectivity index (χ2v) is 11.2. The van der Waals surface area contributed by atoms with Crippen LogP contribution in [0.5, 0.6) is 0 Å². The molecule has 0 heterocycles. The van der Waals surface area contributed by atoms with Gasteiger partial charge in [0.2, 0.25) is 1.43 Å². The van der Waals surface area contributed by atoms with Crippen molar-refractivity contribution >= 4 is 42.8 Å². The van der Waals surface area contributed by atoms with Crippen molar-refractivity contribution in [2.24, 2.45) is 0 Å². The Labute approximate surface area is 254 Å². The van der Waals surface area contributed by atoms with Gasteiger partial charge in [0.25, 0.3) is 14.2 Å². The molecule has 0 aliphatic rings. The molecule has 0 amide bonds. The average Bonchev–Trinajstić information content (AvgIpc) is 2.99. The fraction of sp³-hybridized carbons (Fsp3) is 0.406. The van der Waals surface area contributed by atoms with E-state index in [2.05, 4.69) is 48.4 Å². The van der Waals surface area contributed by atoms with Gasteiger partial charge in [-0.2, -0.15) is 5.26 Å². The van der Waals surface area contributed by atoms with Crippen LogP contribution in [0.15, 0.2) is 60.7 Å². The number of nitro benzene ring substituents is 1. The van der Waals surface area contributed by atoms with E-state index in [0.717, 1.165) is 22.2 Å². The molecule has 42 heavy (non-hydrogen) atoms. The summed E-state index contributed by atoms with van der Waals surface area (Å²) in [5.41, 5.74) is 3.01. The molecular weight excluding hydrogens is 551 g/mol. The number of nitriles is 1. The monoisotopic (exact) mass is 597 g/mol. The molecule has 0 spiro atoms. The molecule has 3 rings (SSSR count). The van der Waals surface area contributed by atoms with Crippen molar-refractivity contribution in [2.75, 3.05) is 38.3 Å². The summed E-state index contributed by atoms with van der Waals surface area (Å²) in [6.45, 7) is 10.6. The molecule has 0 fully saturated rings. The van der Waals surface area contributed by atoms with E-state index in [0.29, 0.717) is 38.1 Å². The van der Waals surface area contributed by atoms with Crippen molar-refractivity contribution in [1.29, 1.82) is 6.69 Å². The number of non-ortho nitro benzene ring substituents is 1. The number of aliphatic hydroxyl groups is 1. The number of nitrogens with zero attached hydrogens (tertiary/aromatic N) is 4. The zero-order valence-corrected chi connectivity index (χ0v) is 26.0. The smallest absolute Gasteiger partial charge is 0.277 e. The van der Waals surface area contributed by atoms with Gasteiger partial charge in [0.05, 0.1) is 36.0 Å². The third-order valence-corrected chi connectivity index (χ3v) is 8.45. The molecule has 1 unspecified atom stereocenters. The number of fused-ring (bicyclic) bond motifs is 1. The quantitative estimate of drug-likeness (QED) is 0.0625. The summed E-state index contributed by atoms with van der Waals surface area (Å²) in [5.74, 6) is 0. The molecular formula is C32H43N4O5P. The number of likely N-dealkylation sites (N-methyl/N-ethyl adjacent to an activating group) is 1. The third kappa shape index (κ3) is 9.87. The number of rotatable bonds is 15. The maximum absolute atomic E-state index is 11.4. The van der Waals surface area contributed by atoms with Crippen LogP contribution in [0.3, 0.4) is 0 Å². The van der Waals surface area contributed by atoms with E-state index >= 15 is 0 Å². The largest absolute Gasteiger partial charge is 0.400 e. The van der Waals surface area contributed by atoms with Crippen molar-refractivity contribution < 1.29 is 20.5 Å². The minimum Gasteiger partial charge on any atom is -0.400 e. The lowest BCUT2D eigenvalue weighted by molar-refractivity contribution is -0.383. The van der Waals surface area contributed by atoms with Gasteiger partial charge in [-0.05, 0) is 75.4 Å². The Bertz CT molecular complexity index is 1360. The Hall–Kier alpha value is -3.38. The summed E-state index contributed by atoms with van der Waals surface area (Å²) in [7, 11) is -0.0206. The van der Waals surface area contributed by atoms with Crippen LogP contribution in [-0.4, -0.2) is 61.6 Å². The molecule has 9 nitrogen and oxygen atoms in total. The van der Waals surface area contributed by atoms with Gasteiger partial charge < -0.3 is 19.1 Å². The first kappa shape index (κ1) is 31.6. The molecule has 0 bridgehead atoms. The number of hydrogen-bond donors (Lipinski definition) is 1. The number of hydrogen-bond acceptors (Lipinski definition) is 8. The van der Waals surface area contributed by atoms with E-state index in [1.165, 1.54) is 7.11 Å². The van der Waals surface area contributed by atoms with Gasteiger partial charge in [0.15, 0.2) is 0 Å². The fourth-order valence-corrected chi connectivity index (χ4v) is 6.09. The predicted molar refractivity (Wildman–Crippen MR) is 173 cm³/mol. The first-order chi connectivity index (χ1) is 21.2. The Morgan fingerprint density at radius 1 is 1.07 bits per heavy atom. The topological polar surface area (TPSA) is 112 Å². The Morgan fingerprint density at radius 3 is 2.31 bits per heavy atom. The van der Waals surface area contributed by atoms with Crippen molar-refractivity contribution in [3.8, 4) is 6.07 Å². The molecule has 3 aromatic carbocycles. The molecule has 0 saturated heterocycles. The van der Waals surface area contributed by atoms with Crippen LogP contribution >= 0.6 is 8.53 Å². The first-order valence-electron chi connectivity index (χ1n) is 15.0. The highest BCUT2D eigenvalue weighted by Crippen LogP contribution is 2.45. The fourth-order valence-electron chi connectivity index (χ4n) is 4.51. The van der Waals surface area contributed by atoms with Gasteiger partial charge in [-0.1, -0.05) is 42.5 Å². The van der Waals surface area contributed by atoms with Crippen LogP contribution in [-0.2, 0) is 9.05 Å². The highest BCUT2D eigenvalue weighted by molar-refractivity contribution is 7.44. The number of nitro groups is 1. The van der Waals surface area contributed by atoms with Gasteiger partial charge in [-0.25, -0.2) is 4.67 Å². The van der Waals surface area contributed by atoms with E-state index in [1.54, 1.807) is 18.2 Å². The van der Waals surface area contributed by atoms with E-state index in [-0.39, 0.29) is 29.6 Å². The normalized spacial score (nSPS) is 12.6. The summed E-state index contributed by atoms with van der Waals surface area (Å²) in [6, 6.07) is 21.4. The molecule has 0 aromatic heterocycles. The maximum atomic E-state index is 11.4. The van der Waals surface area contributed by atoms with E-state index < -0.39 is 8.53 Å². The van der Waals surface area contributed by atoms with E-state index in [9.17, 15) is 10.1 Å². The second-order valence-electron chi connectivity index (χ2n) is 9.77. The molecule has 0 saturated carbocycles. The predicted octanol–water partition coefficient (Wildman–Crippen LogP) is 7.65. The van der Waals surface area contributed by atoms with Gasteiger partial charge in [0, 0.05) is 45.4 Å². The van der Waals surface area contributed by atoms with Gasteiger partial charge in [-0.3, -0.25) is 10.1 Å². The molecule has 1 atom stereocenters. The molecule has 0 aliphatic heterocycles. The van der Waals surface area contributed by atoms with Crippen LogP contribution in [0.1, 0.15) is 53.5 Å². The summed E-state index contributed by atoms with van der Waals surface area (Å²) in [6.07, 6.45) is 4.28. The molecule has 0 aliphatic carbocycles. The van der Waals surface area contributed by atoms with Crippen molar-refractivity contribution in [2.45, 2.75) is 53.1 Å². The molecule has 10 heteroatoms. The standard InChI is InChI=1S/C31H39N4O4P.CH4O/c1-6-33(21-23-39-40(38-22-9-20-32)34(24(2)3)25(4)5)28-17-13-26(14-18-28)12-15-27-16-19-31(35(36)37)30-11-8-7-10-29(27)30;1-2/h7-8,10-19,24-25H,6,9,21-23H2,1-5H3;2H,1H3/b15-12+;/i1D;2T. The summed E-state index contributed by atoms with van der Waals surface area (Å²) in [4.78, 5) is 13.2. The van der Waals surface area contributed by atoms with Crippen LogP contribution < -0.4 is 4.90 Å². The van der Waals surface area contributed by atoms with Gasteiger partial charge in [-0.15, -0.1) is 0 Å². The van der Waals surface area contributed by atoms with Crippen LogP contribution in [0.2, 0.25) is 0 Å². The summed E-state index contributed by atoms with van der Waals surface area (Å²) >= 11 is 0. The lowest BCUT2D eigenvalue weighted by Gasteiger charge is -2.36. The summed E-state index contributed by atoms with van der Waals surface area (Å²) < 4.78 is 28.0. The molecule has 1 N–H and O–H groups in total. The maximum Gasteiger partial charge on any atom is 0.277 e. The Kier molecular flexibility index (Phi) is 13.7. The lowest BCUT2D eigenvalue weighted by atomic mass is 10.0. The minimum absolute atomic E-state index is 0.1000. The lowest BCUT2D eigenvalue weighted by Crippen LogP contribution is -2.34. The molecule has 3 aromatic rings. The first-order valence-corrected chi connectivity index (χ1v) is 15.0. The zero-order chi connectivity index (χ0) is 32.5. The van der Waals surface area contributed by atoms with Gasteiger partial charge >= 0.3 is 0 Å². The average molecular weight is 598 g/mol. The van der Waals surface area contributed by atoms with Crippen LogP contribution in [0.4, 0.5) is 11.4 Å². The highest BCUT2D eigenvalue weighted by Gasteiger charge is 2.27. The molecule has 226 valence electrons. The van der Waals surface area contributed by atoms with Gasteiger partial charge in [0.1, 0.15) is 0 Å².